The smallest absolute Gasteiger partial charge is 0.137 e. The summed E-state index contributed by atoms with van der Waals surface area (Å²) in [5, 5.41) is 23.3. The molecule has 0 fully saturated rings. The molecular formula is C62H58N6. The average Bonchev–Trinajstić information content (AvgIpc) is 3.93. The second-order valence-electron chi connectivity index (χ2n) is 17.3. The van der Waals surface area contributed by atoms with Gasteiger partial charge in [-0.15, -0.1) is 0 Å². The molecule has 2 aliphatic rings. The van der Waals surface area contributed by atoms with E-state index in [1.165, 1.54) is 106 Å². The zero-order valence-electron chi connectivity index (χ0n) is 39.3. The summed E-state index contributed by atoms with van der Waals surface area (Å²) in [6.45, 7) is 17.4. The van der Waals surface area contributed by atoms with E-state index in [9.17, 15) is 0 Å². The molecule has 6 aromatic carbocycles. The van der Waals surface area contributed by atoms with E-state index < -0.39 is 0 Å². The molecule has 0 saturated carbocycles. The summed E-state index contributed by atoms with van der Waals surface area (Å²) in [6, 6.07) is 42.4. The van der Waals surface area contributed by atoms with Crippen LogP contribution in [0.15, 0.2) is 178 Å². The number of aryl methyl sites for hydroxylation is 4. The molecule has 3 aromatic heterocycles. The first-order chi connectivity index (χ1) is 33.3. The number of fused-ring (bicyclic) bond motifs is 8. The highest BCUT2D eigenvalue weighted by Crippen LogP contribution is 2.50. The molecule has 6 heteroatoms. The van der Waals surface area contributed by atoms with Gasteiger partial charge in [0, 0.05) is 45.5 Å². The lowest BCUT2D eigenvalue weighted by Gasteiger charge is -2.31. The molecule has 0 amide bonds. The molecule has 11 rings (SSSR count). The second kappa shape index (κ2) is 19.8. The number of allylic oxidation sites excluding steroid dienone is 6. The van der Waals surface area contributed by atoms with Crippen molar-refractivity contribution in [3.8, 4) is 39.2 Å². The zero-order chi connectivity index (χ0) is 47.3. The molecule has 0 saturated heterocycles. The Hall–Kier alpha value is -8.09. The van der Waals surface area contributed by atoms with Gasteiger partial charge in [-0.1, -0.05) is 124 Å². The topological polar surface area (TPSA) is 93.3 Å². The molecule has 68 heavy (non-hydrogen) atoms. The molecule has 0 spiro atoms. The predicted octanol–water partition coefficient (Wildman–Crippen LogP) is 15.5. The Morgan fingerprint density at radius 2 is 1.31 bits per heavy atom. The molecule has 0 atom stereocenters. The molecule has 4 N–H and O–H groups in total. The van der Waals surface area contributed by atoms with Gasteiger partial charge in [0.1, 0.15) is 5.82 Å². The minimum Gasteiger partial charge on any atom is -0.385 e. The van der Waals surface area contributed by atoms with Gasteiger partial charge in [-0.25, -0.2) is 4.98 Å². The van der Waals surface area contributed by atoms with Crippen molar-refractivity contribution >= 4 is 61.2 Å². The van der Waals surface area contributed by atoms with E-state index in [4.69, 9.17) is 15.8 Å². The maximum Gasteiger partial charge on any atom is 0.137 e. The lowest BCUT2D eigenvalue weighted by molar-refractivity contribution is 0.823. The normalized spacial score (nSPS) is 12.5. The number of aromatic amines is 1. The van der Waals surface area contributed by atoms with Gasteiger partial charge in [-0.3, -0.25) is 4.57 Å². The first-order valence-electron chi connectivity index (χ1n) is 23.7. The summed E-state index contributed by atoms with van der Waals surface area (Å²) in [7, 11) is 0. The van der Waals surface area contributed by atoms with Gasteiger partial charge >= 0.3 is 0 Å². The first-order valence-corrected chi connectivity index (χ1v) is 23.7. The lowest BCUT2D eigenvalue weighted by atomic mass is 9.74. The van der Waals surface area contributed by atoms with Crippen LogP contribution in [0.3, 0.4) is 0 Å². The van der Waals surface area contributed by atoms with Crippen molar-refractivity contribution in [3.63, 3.8) is 0 Å². The number of nitrogens with one attached hydrogen (secondary N) is 4. The number of aromatic nitrogens is 3. The Morgan fingerprint density at radius 3 is 1.94 bits per heavy atom. The standard InChI is InChI=1S/C56H47N5.C4H6.C2H5N/c1-4-7-10-48(57)36-16-12-34(13-17-36)39-23-27-51-45(31-39)47-33-41-21-20-40-32-46-44-30-38(35-14-18-37(19-15-35)49(6-3)58-28-5-2)22-26-50(44)60-55(46)42-24-25-43(54(41)53(40)42)56(47)61(51)52-11-8-9-29-59-52;1-3-4-2;1-2-3/h4,6-19,22-23,26-27,29-33,57-58,60H,1,5,20-21,24-25,28H2,2-3H3;3-4H,1-2H2;2-3H,1H3/b10-7-,49-6-,57-48?;;. The highest BCUT2D eigenvalue weighted by molar-refractivity contribution is 6.16. The van der Waals surface area contributed by atoms with Crippen LogP contribution in [-0.2, 0) is 25.7 Å². The fourth-order valence-electron chi connectivity index (χ4n) is 10.2. The van der Waals surface area contributed by atoms with Crippen molar-refractivity contribution in [1.29, 1.82) is 10.8 Å². The van der Waals surface area contributed by atoms with Gasteiger partial charge < -0.3 is 21.1 Å². The summed E-state index contributed by atoms with van der Waals surface area (Å²) in [4.78, 5) is 8.86. The number of hydrogen-bond donors (Lipinski definition) is 4. The van der Waals surface area contributed by atoms with E-state index in [1.807, 2.05) is 24.4 Å². The van der Waals surface area contributed by atoms with Gasteiger partial charge in [0.25, 0.3) is 0 Å². The minimum absolute atomic E-state index is 0.472. The van der Waals surface area contributed by atoms with Crippen molar-refractivity contribution in [3.05, 3.63) is 211 Å². The van der Waals surface area contributed by atoms with Gasteiger partial charge in [0.15, 0.2) is 0 Å². The van der Waals surface area contributed by atoms with Crippen LogP contribution in [-0.4, -0.2) is 33.0 Å². The third-order valence-electron chi connectivity index (χ3n) is 13.2. The Labute approximate surface area is 399 Å². The number of H-pyrrole nitrogens is 1. The fraction of sp³-hybridized carbons (Fsp3) is 0.145. The van der Waals surface area contributed by atoms with E-state index in [-0.39, 0.29) is 0 Å². The monoisotopic (exact) mass is 886 g/mol. The molecule has 336 valence electrons. The third kappa shape index (κ3) is 8.24. The van der Waals surface area contributed by atoms with Crippen molar-refractivity contribution in [1.82, 2.24) is 19.9 Å². The Balaban J connectivity index is 0.000000777. The highest BCUT2D eigenvalue weighted by atomic mass is 15.1. The van der Waals surface area contributed by atoms with E-state index >= 15 is 0 Å². The summed E-state index contributed by atoms with van der Waals surface area (Å²) in [5.74, 6) is 0.940. The van der Waals surface area contributed by atoms with Crippen LogP contribution in [0.5, 0.6) is 0 Å². The van der Waals surface area contributed by atoms with Gasteiger partial charge in [-0.05, 0) is 174 Å². The zero-order valence-corrected chi connectivity index (χ0v) is 39.3. The molecule has 3 heterocycles. The van der Waals surface area contributed by atoms with Crippen LogP contribution in [0, 0.1) is 10.8 Å². The molecule has 0 radical (unpaired) electrons. The molecule has 9 aromatic rings. The first kappa shape index (κ1) is 45.1. The van der Waals surface area contributed by atoms with Crippen LogP contribution in [0.4, 0.5) is 0 Å². The van der Waals surface area contributed by atoms with Crippen LogP contribution in [0.1, 0.15) is 60.6 Å². The quantitative estimate of drug-likeness (QED) is 0.0769. The van der Waals surface area contributed by atoms with Gasteiger partial charge in [-0.2, -0.15) is 0 Å². The van der Waals surface area contributed by atoms with Crippen LogP contribution < -0.4 is 5.32 Å². The third-order valence-corrected chi connectivity index (χ3v) is 13.2. The number of nitrogens with zero attached hydrogens (tertiary/aromatic N) is 2. The van der Waals surface area contributed by atoms with Crippen molar-refractivity contribution in [2.75, 3.05) is 6.54 Å². The Morgan fingerprint density at radius 1 is 0.691 bits per heavy atom. The van der Waals surface area contributed by atoms with Crippen LogP contribution >= 0.6 is 0 Å². The van der Waals surface area contributed by atoms with Crippen molar-refractivity contribution < 1.29 is 0 Å². The van der Waals surface area contributed by atoms with E-state index in [2.05, 4.69) is 152 Å². The van der Waals surface area contributed by atoms with Gasteiger partial charge in [0.05, 0.1) is 22.3 Å². The van der Waals surface area contributed by atoms with E-state index in [1.54, 1.807) is 37.3 Å². The molecule has 2 aliphatic carbocycles. The fourth-order valence-corrected chi connectivity index (χ4v) is 10.2. The summed E-state index contributed by atoms with van der Waals surface area (Å²) >= 11 is 0. The maximum atomic E-state index is 8.44. The SMILES string of the molecule is C=C/C=C\C(=N)c1ccc(-c2ccc3c(c2)c2cc4c5c(c2n3-c2ccccn2)CCc2c-5c(cc3c2[nH]c2ccc(-c5ccc(/C(=C/C)NCCC)cc5)cc23)CC4)cc1.C=CC=C.CC=N. The minimum atomic E-state index is 0.472. The number of benzene rings is 6. The van der Waals surface area contributed by atoms with Crippen molar-refractivity contribution in [2.45, 2.75) is 52.9 Å². The molecular weight excluding hydrogens is 829 g/mol. The molecule has 0 unspecified atom stereocenters. The maximum absolute atomic E-state index is 8.44. The van der Waals surface area contributed by atoms with E-state index in [0.717, 1.165) is 61.2 Å². The number of pyridine rings is 1. The summed E-state index contributed by atoms with van der Waals surface area (Å²) < 4.78 is 2.41. The Kier molecular flexibility index (Phi) is 13.1. The largest absolute Gasteiger partial charge is 0.385 e. The summed E-state index contributed by atoms with van der Waals surface area (Å²) in [6.07, 6.45) is 19.0. The Bertz CT molecular complexity index is 3460. The summed E-state index contributed by atoms with van der Waals surface area (Å²) in [5.41, 5.74) is 22.1. The van der Waals surface area contributed by atoms with Gasteiger partial charge in [0.2, 0.25) is 0 Å². The number of hydrogen-bond acceptors (Lipinski definition) is 4. The molecule has 6 nitrogen and oxygen atoms in total. The van der Waals surface area contributed by atoms with Crippen molar-refractivity contribution in [2.24, 2.45) is 0 Å². The molecule has 0 bridgehead atoms. The average molecular weight is 887 g/mol. The van der Waals surface area contributed by atoms with Crippen LogP contribution in [0.2, 0.25) is 0 Å². The van der Waals surface area contributed by atoms with E-state index in [0.29, 0.717) is 5.71 Å². The number of rotatable bonds is 11. The molecule has 0 aliphatic heterocycles. The van der Waals surface area contributed by atoms with Crippen LogP contribution in [0.25, 0.3) is 88.5 Å². The highest BCUT2D eigenvalue weighted by Gasteiger charge is 2.32. The second-order valence-corrected chi connectivity index (χ2v) is 17.3. The lowest BCUT2D eigenvalue weighted by Crippen LogP contribution is -2.15. The predicted molar refractivity (Wildman–Crippen MR) is 292 cm³/mol.